The van der Waals surface area contributed by atoms with Crippen molar-refractivity contribution in [2.24, 2.45) is 11.5 Å². The van der Waals surface area contributed by atoms with E-state index in [2.05, 4.69) is 21.2 Å². The molecular weight excluding hydrogens is 270 g/mol. The normalized spacial score (nSPS) is 23.6. The van der Waals surface area contributed by atoms with Gasteiger partial charge in [-0.05, 0) is 31.0 Å². The van der Waals surface area contributed by atoms with E-state index in [1.165, 1.54) is 0 Å². The van der Waals surface area contributed by atoms with E-state index in [1.54, 1.807) is 6.07 Å². The zero-order valence-electron chi connectivity index (χ0n) is 8.74. The van der Waals surface area contributed by atoms with Crippen LogP contribution in [0, 0.1) is 0 Å². The number of carbonyl (C=O) groups is 1. The minimum absolute atomic E-state index is 0.282. The van der Waals surface area contributed by atoms with Gasteiger partial charge >= 0.3 is 0 Å². The molecule has 0 atom stereocenters. The smallest absolute Gasteiger partial charge is 0.250 e. The van der Waals surface area contributed by atoms with E-state index in [0.29, 0.717) is 11.6 Å². The van der Waals surface area contributed by atoms with Crippen LogP contribution in [0.5, 0.6) is 0 Å². The molecule has 0 radical (unpaired) electrons. The van der Waals surface area contributed by atoms with Gasteiger partial charge in [0, 0.05) is 22.2 Å². The molecule has 5 N–H and O–H groups in total. The number of hydrogen-bond acceptors (Lipinski definition) is 3. The molecule has 1 aliphatic rings. The highest BCUT2D eigenvalue weighted by molar-refractivity contribution is 9.10. The molecule has 86 valence electrons. The largest absolute Gasteiger partial charge is 0.382 e. The zero-order valence-corrected chi connectivity index (χ0v) is 10.3. The lowest BCUT2D eigenvalue weighted by atomic mass is 9.87. The molecule has 1 fully saturated rings. The molecule has 2 rings (SSSR count). The van der Waals surface area contributed by atoms with E-state index in [4.69, 9.17) is 11.5 Å². The summed E-state index contributed by atoms with van der Waals surface area (Å²) >= 11 is 3.32. The SMILES string of the molecule is NC(=O)c1cc(Br)ccc1NC1CC(N)C1. The van der Waals surface area contributed by atoms with E-state index in [1.807, 2.05) is 12.1 Å². The number of anilines is 1. The lowest BCUT2D eigenvalue weighted by molar-refractivity contribution is 0.100. The maximum absolute atomic E-state index is 11.3. The fraction of sp³-hybridized carbons (Fsp3) is 0.364. The monoisotopic (exact) mass is 283 g/mol. The molecule has 0 aromatic heterocycles. The van der Waals surface area contributed by atoms with Crippen molar-refractivity contribution in [3.63, 3.8) is 0 Å². The minimum atomic E-state index is -0.424. The first kappa shape index (κ1) is 11.4. The highest BCUT2D eigenvalue weighted by Gasteiger charge is 2.26. The van der Waals surface area contributed by atoms with Crippen LogP contribution in [0.2, 0.25) is 0 Å². The molecule has 5 heteroatoms. The standard InChI is InChI=1S/C11H14BrN3O/c12-6-1-2-10(9(3-6)11(14)16)15-8-4-7(13)5-8/h1-3,7-8,15H,4-5,13H2,(H2,14,16). The maximum Gasteiger partial charge on any atom is 0.250 e. The predicted octanol–water partition coefficient (Wildman–Crippen LogP) is 1.45. The van der Waals surface area contributed by atoms with Crippen LogP contribution in [0.25, 0.3) is 0 Å². The zero-order chi connectivity index (χ0) is 11.7. The number of benzene rings is 1. The number of carbonyl (C=O) groups excluding carboxylic acids is 1. The first-order valence-electron chi connectivity index (χ1n) is 5.17. The number of amides is 1. The maximum atomic E-state index is 11.3. The van der Waals surface area contributed by atoms with Crippen molar-refractivity contribution in [1.29, 1.82) is 0 Å². The van der Waals surface area contributed by atoms with Crippen LogP contribution >= 0.6 is 15.9 Å². The molecule has 0 unspecified atom stereocenters. The summed E-state index contributed by atoms with van der Waals surface area (Å²) in [5.74, 6) is -0.424. The average Bonchev–Trinajstić information content (AvgIpc) is 2.17. The van der Waals surface area contributed by atoms with E-state index < -0.39 is 5.91 Å². The molecule has 1 aliphatic carbocycles. The summed E-state index contributed by atoms with van der Waals surface area (Å²) in [6.45, 7) is 0. The van der Waals surface area contributed by atoms with Gasteiger partial charge in [0.1, 0.15) is 0 Å². The lowest BCUT2D eigenvalue weighted by Gasteiger charge is -2.34. The molecule has 1 amide bonds. The Kier molecular flexibility index (Phi) is 3.16. The van der Waals surface area contributed by atoms with Crippen molar-refractivity contribution in [2.45, 2.75) is 24.9 Å². The molecule has 16 heavy (non-hydrogen) atoms. The fourth-order valence-corrected chi connectivity index (χ4v) is 2.21. The summed E-state index contributed by atoms with van der Waals surface area (Å²) in [4.78, 5) is 11.3. The Balaban J connectivity index is 2.16. The summed E-state index contributed by atoms with van der Waals surface area (Å²) in [5.41, 5.74) is 12.3. The molecule has 1 aromatic carbocycles. The molecular formula is C11H14BrN3O. The highest BCUT2D eigenvalue weighted by Crippen LogP contribution is 2.26. The quantitative estimate of drug-likeness (QED) is 0.785. The summed E-state index contributed by atoms with van der Waals surface area (Å²) in [6.07, 6.45) is 1.88. The van der Waals surface area contributed by atoms with E-state index in [9.17, 15) is 4.79 Å². The average molecular weight is 284 g/mol. The molecule has 1 aromatic rings. The third-order valence-corrected chi connectivity index (χ3v) is 3.27. The van der Waals surface area contributed by atoms with Gasteiger partial charge in [0.2, 0.25) is 0 Å². The molecule has 0 bridgehead atoms. The van der Waals surface area contributed by atoms with Gasteiger partial charge in [0.25, 0.3) is 5.91 Å². The first-order valence-corrected chi connectivity index (χ1v) is 5.97. The van der Waals surface area contributed by atoms with Crippen molar-refractivity contribution in [2.75, 3.05) is 5.32 Å². The fourth-order valence-electron chi connectivity index (χ4n) is 1.85. The van der Waals surface area contributed by atoms with Crippen LogP contribution in [0.15, 0.2) is 22.7 Å². The van der Waals surface area contributed by atoms with Crippen molar-refractivity contribution in [3.05, 3.63) is 28.2 Å². The Morgan fingerprint density at radius 1 is 1.44 bits per heavy atom. The van der Waals surface area contributed by atoms with Gasteiger partial charge in [-0.3, -0.25) is 4.79 Å². The Hall–Kier alpha value is -1.07. The Morgan fingerprint density at radius 2 is 2.12 bits per heavy atom. The number of primary amides is 1. The van der Waals surface area contributed by atoms with Crippen LogP contribution in [0.4, 0.5) is 5.69 Å². The third kappa shape index (κ3) is 2.36. The third-order valence-electron chi connectivity index (χ3n) is 2.78. The highest BCUT2D eigenvalue weighted by atomic mass is 79.9. The molecule has 0 heterocycles. The van der Waals surface area contributed by atoms with Crippen molar-refractivity contribution >= 4 is 27.5 Å². The molecule has 0 saturated heterocycles. The first-order chi connectivity index (χ1) is 7.56. The van der Waals surface area contributed by atoms with Gasteiger partial charge in [-0.1, -0.05) is 15.9 Å². The van der Waals surface area contributed by atoms with E-state index in [-0.39, 0.29) is 6.04 Å². The second-order valence-electron chi connectivity index (χ2n) is 4.13. The van der Waals surface area contributed by atoms with Crippen LogP contribution < -0.4 is 16.8 Å². The number of nitrogens with one attached hydrogen (secondary N) is 1. The Morgan fingerprint density at radius 3 is 2.69 bits per heavy atom. The summed E-state index contributed by atoms with van der Waals surface area (Å²) in [6, 6.07) is 6.10. The van der Waals surface area contributed by atoms with Crippen molar-refractivity contribution in [1.82, 2.24) is 0 Å². The van der Waals surface area contributed by atoms with E-state index >= 15 is 0 Å². The summed E-state index contributed by atoms with van der Waals surface area (Å²) in [7, 11) is 0. The van der Waals surface area contributed by atoms with Gasteiger partial charge in [-0.2, -0.15) is 0 Å². The number of rotatable bonds is 3. The van der Waals surface area contributed by atoms with Gasteiger partial charge < -0.3 is 16.8 Å². The topological polar surface area (TPSA) is 81.1 Å². The van der Waals surface area contributed by atoms with Crippen LogP contribution in [0.1, 0.15) is 23.2 Å². The lowest BCUT2D eigenvalue weighted by Crippen LogP contribution is -2.44. The van der Waals surface area contributed by atoms with Crippen LogP contribution in [-0.2, 0) is 0 Å². The molecule has 1 saturated carbocycles. The second-order valence-corrected chi connectivity index (χ2v) is 5.04. The van der Waals surface area contributed by atoms with Crippen molar-refractivity contribution < 1.29 is 4.79 Å². The Bertz CT molecular complexity index is 416. The van der Waals surface area contributed by atoms with Crippen molar-refractivity contribution in [3.8, 4) is 0 Å². The molecule has 0 aliphatic heterocycles. The van der Waals surface area contributed by atoms with Gasteiger partial charge in [-0.25, -0.2) is 0 Å². The Labute approximate surface area is 103 Å². The second kappa shape index (κ2) is 4.43. The van der Waals surface area contributed by atoms with Gasteiger partial charge in [0.05, 0.1) is 5.56 Å². The van der Waals surface area contributed by atoms with Gasteiger partial charge in [0.15, 0.2) is 0 Å². The number of halogens is 1. The predicted molar refractivity (Wildman–Crippen MR) is 67.3 cm³/mol. The van der Waals surface area contributed by atoms with Gasteiger partial charge in [-0.15, -0.1) is 0 Å². The van der Waals surface area contributed by atoms with E-state index in [0.717, 1.165) is 23.0 Å². The summed E-state index contributed by atoms with van der Waals surface area (Å²) < 4.78 is 0.845. The molecule has 4 nitrogen and oxygen atoms in total. The summed E-state index contributed by atoms with van der Waals surface area (Å²) in [5, 5.41) is 3.28. The molecule has 0 spiro atoms. The minimum Gasteiger partial charge on any atom is -0.382 e. The number of hydrogen-bond donors (Lipinski definition) is 3. The number of nitrogens with two attached hydrogens (primary N) is 2. The van der Waals surface area contributed by atoms with Crippen LogP contribution in [0.3, 0.4) is 0 Å². The van der Waals surface area contributed by atoms with Crippen LogP contribution in [-0.4, -0.2) is 18.0 Å².